The summed E-state index contributed by atoms with van der Waals surface area (Å²) < 4.78 is 43.3. The minimum atomic E-state index is -4.24. The first-order valence-electron chi connectivity index (χ1n) is 13.2. The van der Waals surface area contributed by atoms with E-state index < -0.39 is 34.3 Å². The van der Waals surface area contributed by atoms with Crippen LogP contribution in [0.2, 0.25) is 5.02 Å². The Kier molecular flexibility index (Phi) is 9.48. The zero-order valence-corrected chi connectivity index (χ0v) is 24.1. The molecule has 7 nitrogen and oxygen atoms in total. The number of sulfonamides is 1. The first-order valence-corrected chi connectivity index (χ1v) is 15.1. The molecule has 0 bridgehead atoms. The van der Waals surface area contributed by atoms with Crippen molar-refractivity contribution in [1.29, 1.82) is 0 Å². The lowest BCUT2D eigenvalue weighted by Crippen LogP contribution is -2.52. The average molecular weight is 586 g/mol. The van der Waals surface area contributed by atoms with Crippen molar-refractivity contribution >= 4 is 39.1 Å². The summed E-state index contributed by atoms with van der Waals surface area (Å²) in [5.41, 5.74) is 1.20. The number of halogens is 2. The Morgan fingerprint density at radius 1 is 1.00 bits per heavy atom. The van der Waals surface area contributed by atoms with Gasteiger partial charge in [-0.15, -0.1) is 0 Å². The van der Waals surface area contributed by atoms with Crippen molar-refractivity contribution in [2.24, 2.45) is 0 Å². The van der Waals surface area contributed by atoms with Crippen LogP contribution in [0.15, 0.2) is 77.7 Å². The van der Waals surface area contributed by atoms with Crippen LogP contribution in [0.3, 0.4) is 0 Å². The van der Waals surface area contributed by atoms with E-state index >= 15 is 0 Å². The number of nitrogens with one attached hydrogen (secondary N) is 1. The van der Waals surface area contributed by atoms with Gasteiger partial charge in [0.25, 0.3) is 10.0 Å². The van der Waals surface area contributed by atoms with Gasteiger partial charge in [-0.2, -0.15) is 0 Å². The third-order valence-electron chi connectivity index (χ3n) is 7.18. The van der Waals surface area contributed by atoms with Crippen molar-refractivity contribution in [3.63, 3.8) is 0 Å². The smallest absolute Gasteiger partial charge is 0.264 e. The summed E-state index contributed by atoms with van der Waals surface area (Å²) in [5.74, 6) is -1.57. The molecule has 1 unspecified atom stereocenters. The number of carbonyl (C=O) groups is 2. The fraction of sp³-hybridized carbons (Fsp3) is 0.333. The molecule has 1 aliphatic carbocycles. The lowest BCUT2D eigenvalue weighted by atomic mass is 10.1. The second kappa shape index (κ2) is 12.8. The number of benzene rings is 3. The number of para-hydroxylation sites is 1. The van der Waals surface area contributed by atoms with E-state index in [9.17, 15) is 22.4 Å². The standard InChI is InChI=1S/C30H33ClFN3O4S/c1-21-15-17-25(18-16-21)40(38,39)35(28-14-8-6-12-26(28)31)20-29(36)34(19-23-9-3-7-13-27(23)32)22(2)30(37)33-24-10-4-5-11-24/h3,6-9,12-18,22,24H,4-5,10-11,19-20H2,1-2H3,(H,33,37). The zero-order chi connectivity index (χ0) is 28.9. The summed E-state index contributed by atoms with van der Waals surface area (Å²) in [4.78, 5) is 28.4. The van der Waals surface area contributed by atoms with Gasteiger partial charge in [-0.25, -0.2) is 12.8 Å². The predicted octanol–water partition coefficient (Wildman–Crippen LogP) is 5.46. The number of carbonyl (C=O) groups excluding carboxylic acids is 2. The topological polar surface area (TPSA) is 86.8 Å². The van der Waals surface area contributed by atoms with E-state index in [2.05, 4.69) is 5.32 Å². The van der Waals surface area contributed by atoms with Crippen LogP contribution < -0.4 is 9.62 Å². The second-order valence-corrected chi connectivity index (χ2v) is 12.3. The van der Waals surface area contributed by atoms with Gasteiger partial charge in [0.1, 0.15) is 18.4 Å². The van der Waals surface area contributed by atoms with Crippen molar-refractivity contribution in [2.75, 3.05) is 10.8 Å². The molecule has 1 N–H and O–H groups in total. The fourth-order valence-corrected chi connectivity index (χ4v) is 6.51. The molecule has 0 aromatic heterocycles. The highest BCUT2D eigenvalue weighted by atomic mass is 35.5. The van der Waals surface area contributed by atoms with Crippen LogP contribution in [0.5, 0.6) is 0 Å². The van der Waals surface area contributed by atoms with Crippen LogP contribution in [0.25, 0.3) is 0 Å². The van der Waals surface area contributed by atoms with Crippen LogP contribution in [-0.4, -0.2) is 43.8 Å². The molecule has 0 aliphatic heterocycles. The quantitative estimate of drug-likeness (QED) is 0.342. The molecule has 0 radical (unpaired) electrons. The Morgan fingerprint density at radius 3 is 2.27 bits per heavy atom. The summed E-state index contributed by atoms with van der Waals surface area (Å²) in [5, 5.41) is 3.13. The molecule has 3 aromatic carbocycles. The van der Waals surface area contributed by atoms with Gasteiger partial charge in [-0.1, -0.05) is 72.5 Å². The molecule has 4 rings (SSSR count). The van der Waals surface area contributed by atoms with Crippen LogP contribution in [-0.2, 0) is 26.2 Å². The normalized spacial score (nSPS) is 14.5. The first-order chi connectivity index (χ1) is 19.1. The zero-order valence-electron chi connectivity index (χ0n) is 22.5. The molecule has 3 aromatic rings. The Bertz CT molecular complexity index is 1460. The van der Waals surface area contributed by atoms with Gasteiger partial charge < -0.3 is 10.2 Å². The van der Waals surface area contributed by atoms with Gasteiger partial charge >= 0.3 is 0 Å². The number of hydrogen-bond donors (Lipinski definition) is 1. The van der Waals surface area contributed by atoms with Crippen molar-refractivity contribution < 1.29 is 22.4 Å². The van der Waals surface area contributed by atoms with Crippen molar-refractivity contribution in [2.45, 2.75) is 63.1 Å². The molecule has 1 aliphatic rings. The summed E-state index contributed by atoms with van der Waals surface area (Å²) in [7, 11) is -4.24. The summed E-state index contributed by atoms with van der Waals surface area (Å²) in [6.07, 6.45) is 3.74. The molecule has 10 heteroatoms. The van der Waals surface area contributed by atoms with E-state index in [-0.39, 0.29) is 39.7 Å². The minimum Gasteiger partial charge on any atom is -0.352 e. The number of aryl methyl sites for hydroxylation is 1. The summed E-state index contributed by atoms with van der Waals surface area (Å²) in [6, 6.07) is 17.6. The number of amides is 2. The highest BCUT2D eigenvalue weighted by molar-refractivity contribution is 7.92. The third-order valence-corrected chi connectivity index (χ3v) is 9.27. The molecule has 0 spiro atoms. The van der Waals surface area contributed by atoms with Gasteiger partial charge in [-0.3, -0.25) is 13.9 Å². The Hall–Kier alpha value is -3.43. The average Bonchev–Trinajstić information content (AvgIpc) is 3.44. The Labute approximate surface area is 240 Å². The van der Waals surface area contributed by atoms with E-state index in [4.69, 9.17) is 11.6 Å². The van der Waals surface area contributed by atoms with Crippen LogP contribution in [0.1, 0.15) is 43.7 Å². The maximum Gasteiger partial charge on any atom is 0.264 e. The molecular formula is C30H33ClFN3O4S. The summed E-state index contributed by atoms with van der Waals surface area (Å²) >= 11 is 6.41. The van der Waals surface area contributed by atoms with E-state index in [1.807, 2.05) is 6.92 Å². The first kappa shape index (κ1) is 29.6. The molecule has 0 saturated heterocycles. The van der Waals surface area contributed by atoms with Crippen LogP contribution >= 0.6 is 11.6 Å². The van der Waals surface area contributed by atoms with E-state index in [1.54, 1.807) is 37.3 Å². The number of anilines is 1. The Morgan fingerprint density at radius 2 is 1.62 bits per heavy atom. The van der Waals surface area contributed by atoms with Gasteiger partial charge in [0.05, 0.1) is 15.6 Å². The lowest BCUT2D eigenvalue weighted by molar-refractivity contribution is -0.139. The lowest BCUT2D eigenvalue weighted by Gasteiger charge is -2.32. The van der Waals surface area contributed by atoms with Crippen LogP contribution in [0, 0.1) is 12.7 Å². The molecule has 212 valence electrons. The maximum absolute atomic E-state index is 14.7. The van der Waals surface area contributed by atoms with Gasteiger partial charge in [-0.05, 0) is 57.0 Å². The molecule has 1 fully saturated rings. The molecule has 1 saturated carbocycles. The van der Waals surface area contributed by atoms with Crippen molar-refractivity contribution in [3.8, 4) is 0 Å². The van der Waals surface area contributed by atoms with Crippen LogP contribution in [0.4, 0.5) is 10.1 Å². The monoisotopic (exact) mass is 585 g/mol. The largest absolute Gasteiger partial charge is 0.352 e. The number of hydrogen-bond acceptors (Lipinski definition) is 4. The fourth-order valence-electron chi connectivity index (χ4n) is 4.79. The van der Waals surface area contributed by atoms with E-state index in [1.165, 1.54) is 47.4 Å². The van der Waals surface area contributed by atoms with Gasteiger partial charge in [0.15, 0.2) is 0 Å². The highest BCUT2D eigenvalue weighted by Crippen LogP contribution is 2.31. The molecule has 2 amide bonds. The van der Waals surface area contributed by atoms with Gasteiger partial charge in [0.2, 0.25) is 11.8 Å². The maximum atomic E-state index is 14.7. The molecule has 1 atom stereocenters. The van der Waals surface area contributed by atoms with Gasteiger partial charge in [0, 0.05) is 18.2 Å². The second-order valence-electron chi connectivity index (χ2n) is 10.1. The number of nitrogens with zero attached hydrogens (tertiary/aromatic N) is 2. The third kappa shape index (κ3) is 6.82. The van der Waals surface area contributed by atoms with E-state index in [0.717, 1.165) is 35.6 Å². The molecule has 40 heavy (non-hydrogen) atoms. The highest BCUT2D eigenvalue weighted by Gasteiger charge is 2.34. The Balaban J connectivity index is 1.70. The SMILES string of the molecule is Cc1ccc(S(=O)(=O)N(CC(=O)N(Cc2ccccc2F)C(C)C(=O)NC2CCCC2)c2ccccc2Cl)cc1. The summed E-state index contributed by atoms with van der Waals surface area (Å²) in [6.45, 7) is 2.54. The minimum absolute atomic E-state index is 0.0153. The van der Waals surface area contributed by atoms with Crippen molar-refractivity contribution in [3.05, 3.63) is 94.8 Å². The predicted molar refractivity (Wildman–Crippen MR) is 154 cm³/mol. The van der Waals surface area contributed by atoms with E-state index in [0.29, 0.717) is 0 Å². The molecule has 0 heterocycles. The number of rotatable bonds is 10. The van der Waals surface area contributed by atoms with Crippen molar-refractivity contribution in [1.82, 2.24) is 10.2 Å². The molecular weight excluding hydrogens is 553 g/mol.